The Bertz CT molecular complexity index is 1220. The third-order valence-corrected chi connectivity index (χ3v) is 6.39. The number of H-pyrrole nitrogens is 1. The molecule has 0 atom stereocenters. The van der Waals surface area contributed by atoms with E-state index in [1.54, 1.807) is 0 Å². The maximum Gasteiger partial charge on any atom is 0.323 e. The molecular formula is C27H28N4O. The van der Waals surface area contributed by atoms with Gasteiger partial charge in [0, 0.05) is 28.4 Å². The van der Waals surface area contributed by atoms with E-state index in [-0.39, 0.29) is 6.03 Å². The number of carbonyl (C=O) groups is 1. The van der Waals surface area contributed by atoms with Gasteiger partial charge in [0.1, 0.15) is 0 Å². The van der Waals surface area contributed by atoms with Gasteiger partial charge in [0.2, 0.25) is 0 Å². The molecule has 5 rings (SSSR count). The van der Waals surface area contributed by atoms with Crippen molar-refractivity contribution in [2.45, 2.75) is 18.8 Å². The molecule has 0 bridgehead atoms. The van der Waals surface area contributed by atoms with Crippen LogP contribution in [0.4, 0.5) is 16.2 Å². The maximum absolute atomic E-state index is 12.8. The molecule has 2 heterocycles. The predicted molar refractivity (Wildman–Crippen MR) is 132 cm³/mol. The van der Waals surface area contributed by atoms with Crippen LogP contribution in [0.3, 0.4) is 0 Å². The number of aromatic nitrogens is 1. The van der Waals surface area contributed by atoms with Gasteiger partial charge in [0.25, 0.3) is 0 Å². The van der Waals surface area contributed by atoms with Gasteiger partial charge in [-0.05, 0) is 74.3 Å². The molecule has 2 amide bonds. The molecule has 1 aromatic heterocycles. The van der Waals surface area contributed by atoms with Crippen molar-refractivity contribution in [3.05, 3.63) is 84.6 Å². The SMILES string of the molecule is CN1CCC(c2c[nH]c3ccc(NC(=O)Nc4ccccc4-c4ccccc4)cc23)CC1. The van der Waals surface area contributed by atoms with Crippen molar-refractivity contribution in [1.82, 2.24) is 9.88 Å². The highest BCUT2D eigenvalue weighted by atomic mass is 16.2. The van der Waals surface area contributed by atoms with Gasteiger partial charge in [0.05, 0.1) is 5.69 Å². The highest BCUT2D eigenvalue weighted by Gasteiger charge is 2.21. The van der Waals surface area contributed by atoms with E-state index in [0.717, 1.165) is 53.9 Å². The summed E-state index contributed by atoms with van der Waals surface area (Å²) >= 11 is 0. The number of urea groups is 1. The number of nitrogens with one attached hydrogen (secondary N) is 3. The lowest BCUT2D eigenvalue weighted by atomic mass is 9.89. The molecular weight excluding hydrogens is 396 g/mol. The van der Waals surface area contributed by atoms with Gasteiger partial charge in [-0.25, -0.2) is 4.79 Å². The van der Waals surface area contributed by atoms with Crippen LogP contribution in [0.1, 0.15) is 24.3 Å². The average molecular weight is 425 g/mol. The van der Waals surface area contributed by atoms with Gasteiger partial charge in [-0.3, -0.25) is 0 Å². The van der Waals surface area contributed by atoms with Crippen molar-refractivity contribution in [2.24, 2.45) is 0 Å². The normalized spacial score (nSPS) is 15.0. The molecule has 0 spiro atoms. The van der Waals surface area contributed by atoms with Crippen LogP contribution in [0.5, 0.6) is 0 Å². The summed E-state index contributed by atoms with van der Waals surface area (Å²) in [5.41, 5.74) is 6.10. The highest BCUT2D eigenvalue weighted by molar-refractivity contribution is 6.03. The molecule has 1 aliphatic heterocycles. The molecule has 162 valence electrons. The van der Waals surface area contributed by atoms with Crippen LogP contribution < -0.4 is 10.6 Å². The number of fused-ring (bicyclic) bond motifs is 1. The number of hydrogen-bond acceptors (Lipinski definition) is 2. The molecule has 1 fully saturated rings. The fourth-order valence-electron chi connectivity index (χ4n) is 4.62. The summed E-state index contributed by atoms with van der Waals surface area (Å²) in [4.78, 5) is 18.6. The molecule has 3 aromatic carbocycles. The first-order chi connectivity index (χ1) is 15.7. The lowest BCUT2D eigenvalue weighted by Gasteiger charge is -2.28. The second-order valence-electron chi connectivity index (χ2n) is 8.57. The maximum atomic E-state index is 12.8. The molecule has 1 saturated heterocycles. The minimum Gasteiger partial charge on any atom is -0.361 e. The molecule has 0 aliphatic carbocycles. The van der Waals surface area contributed by atoms with Crippen LogP contribution in [-0.4, -0.2) is 36.1 Å². The standard InChI is InChI=1S/C27H28N4O/c1-31-15-13-20(14-16-31)24-18-28-25-12-11-21(17-23(24)25)29-27(32)30-26-10-6-5-9-22(26)19-7-3-2-4-8-19/h2-12,17-18,20,28H,13-16H2,1H3,(H2,29,30,32). The van der Waals surface area contributed by atoms with Gasteiger partial charge in [-0.2, -0.15) is 0 Å². The van der Waals surface area contributed by atoms with Crippen molar-refractivity contribution >= 4 is 28.3 Å². The zero-order valence-corrected chi connectivity index (χ0v) is 18.3. The summed E-state index contributed by atoms with van der Waals surface area (Å²) in [5, 5.41) is 7.23. The fraction of sp³-hybridized carbons (Fsp3) is 0.222. The monoisotopic (exact) mass is 424 g/mol. The van der Waals surface area contributed by atoms with Gasteiger partial charge >= 0.3 is 6.03 Å². The van der Waals surface area contributed by atoms with Crippen LogP contribution in [0.15, 0.2) is 79.0 Å². The molecule has 0 saturated carbocycles. The Balaban J connectivity index is 1.34. The third kappa shape index (κ3) is 4.25. The topological polar surface area (TPSA) is 60.2 Å². The van der Waals surface area contributed by atoms with E-state index >= 15 is 0 Å². The number of carbonyl (C=O) groups excluding carboxylic acids is 1. The first-order valence-corrected chi connectivity index (χ1v) is 11.2. The first-order valence-electron chi connectivity index (χ1n) is 11.2. The van der Waals surface area contributed by atoms with Crippen molar-refractivity contribution < 1.29 is 4.79 Å². The molecule has 3 N–H and O–H groups in total. The number of rotatable bonds is 4. The quantitative estimate of drug-likeness (QED) is 0.361. The van der Waals surface area contributed by atoms with Crippen molar-refractivity contribution in [1.29, 1.82) is 0 Å². The fourth-order valence-corrected chi connectivity index (χ4v) is 4.62. The number of hydrogen-bond donors (Lipinski definition) is 3. The first kappa shape index (κ1) is 20.3. The van der Waals surface area contributed by atoms with E-state index in [9.17, 15) is 4.79 Å². The van der Waals surface area contributed by atoms with Gasteiger partial charge < -0.3 is 20.5 Å². The van der Waals surface area contributed by atoms with E-state index in [4.69, 9.17) is 0 Å². The Morgan fingerprint density at radius 2 is 1.69 bits per heavy atom. The molecule has 1 aliphatic rings. The van der Waals surface area contributed by atoms with Gasteiger partial charge in [-0.15, -0.1) is 0 Å². The molecule has 4 aromatic rings. The van der Waals surface area contributed by atoms with Crippen molar-refractivity contribution in [2.75, 3.05) is 30.8 Å². The van der Waals surface area contributed by atoms with E-state index in [0.29, 0.717) is 5.92 Å². The largest absolute Gasteiger partial charge is 0.361 e. The van der Waals surface area contributed by atoms with Gasteiger partial charge in [-0.1, -0.05) is 48.5 Å². The van der Waals surface area contributed by atoms with E-state index in [1.807, 2.05) is 66.7 Å². The number of para-hydroxylation sites is 1. The van der Waals surface area contributed by atoms with Crippen LogP contribution in [-0.2, 0) is 0 Å². The summed E-state index contributed by atoms with van der Waals surface area (Å²) < 4.78 is 0. The third-order valence-electron chi connectivity index (χ3n) is 6.39. The minimum atomic E-state index is -0.246. The lowest BCUT2D eigenvalue weighted by molar-refractivity contribution is 0.256. The molecule has 5 heteroatoms. The molecule has 0 unspecified atom stereocenters. The Morgan fingerprint density at radius 1 is 0.938 bits per heavy atom. The van der Waals surface area contributed by atoms with Crippen LogP contribution in [0.25, 0.3) is 22.0 Å². The highest BCUT2D eigenvalue weighted by Crippen LogP contribution is 2.34. The number of benzene rings is 3. The second-order valence-corrected chi connectivity index (χ2v) is 8.57. The summed E-state index contributed by atoms with van der Waals surface area (Å²) in [5.74, 6) is 0.557. The number of likely N-dealkylation sites (tertiary alicyclic amines) is 1. The van der Waals surface area contributed by atoms with Crippen LogP contribution in [0, 0.1) is 0 Å². The number of nitrogens with zero attached hydrogens (tertiary/aromatic N) is 1. The van der Waals surface area contributed by atoms with E-state index in [1.165, 1.54) is 10.9 Å². The minimum absolute atomic E-state index is 0.246. The van der Waals surface area contributed by atoms with Gasteiger partial charge in [0.15, 0.2) is 0 Å². The average Bonchev–Trinajstić information content (AvgIpc) is 3.24. The molecule has 32 heavy (non-hydrogen) atoms. The Labute approximate surface area is 188 Å². The zero-order valence-electron chi connectivity index (χ0n) is 18.3. The number of aromatic amines is 1. The van der Waals surface area contributed by atoms with Crippen LogP contribution in [0.2, 0.25) is 0 Å². The summed E-state index contributed by atoms with van der Waals surface area (Å²) in [7, 11) is 2.18. The number of piperidine rings is 1. The summed E-state index contributed by atoms with van der Waals surface area (Å²) in [6, 6.07) is 23.8. The Kier molecular flexibility index (Phi) is 5.65. The van der Waals surface area contributed by atoms with E-state index < -0.39 is 0 Å². The molecule has 0 radical (unpaired) electrons. The Morgan fingerprint density at radius 3 is 2.50 bits per heavy atom. The van der Waals surface area contributed by atoms with E-state index in [2.05, 4.69) is 39.8 Å². The number of anilines is 2. The number of amides is 2. The van der Waals surface area contributed by atoms with Crippen LogP contribution >= 0.6 is 0 Å². The predicted octanol–water partition coefficient (Wildman–Crippen LogP) is 6.29. The van der Waals surface area contributed by atoms with Crippen molar-refractivity contribution in [3.63, 3.8) is 0 Å². The lowest BCUT2D eigenvalue weighted by Crippen LogP contribution is -2.29. The van der Waals surface area contributed by atoms with Crippen molar-refractivity contribution in [3.8, 4) is 11.1 Å². The summed E-state index contributed by atoms with van der Waals surface area (Å²) in [6.07, 6.45) is 4.47. The summed E-state index contributed by atoms with van der Waals surface area (Å²) in [6.45, 7) is 2.25. The second kappa shape index (κ2) is 8.89. The Hall–Kier alpha value is -3.57. The molecule has 5 nitrogen and oxygen atoms in total. The zero-order chi connectivity index (χ0) is 21.9. The smallest absolute Gasteiger partial charge is 0.323 e.